The van der Waals surface area contributed by atoms with Gasteiger partial charge in [0.1, 0.15) is 21.2 Å². The molecule has 6 rings (SSSR count). The number of carbonyl (C=O) groups excluding carboxylic acids is 2. The van der Waals surface area contributed by atoms with Gasteiger partial charge in [0.2, 0.25) is 0 Å². The number of carbonyl (C=O) groups is 2. The molecule has 0 bridgehead atoms. The smallest absolute Gasteiger partial charge is 0.331 e. The molecule has 1 saturated heterocycles. The highest BCUT2D eigenvalue weighted by Gasteiger charge is 2.32. The number of nitrogens with zero attached hydrogens (tertiary/aromatic N) is 3. The third-order valence-corrected chi connectivity index (χ3v) is 7.55. The van der Waals surface area contributed by atoms with E-state index in [1.54, 1.807) is 17.2 Å². The number of hydrogen-bond acceptors (Lipinski definition) is 7. The van der Waals surface area contributed by atoms with Crippen LogP contribution in [0.15, 0.2) is 66.9 Å². The molecule has 4 aromatic rings. The average Bonchev–Trinajstić information content (AvgIpc) is 3.30. The normalized spacial score (nSPS) is 15.5. The molecule has 4 heterocycles. The van der Waals surface area contributed by atoms with E-state index >= 15 is 0 Å². The van der Waals surface area contributed by atoms with Crippen LogP contribution in [0.1, 0.15) is 9.67 Å². The van der Waals surface area contributed by atoms with E-state index < -0.39 is 0 Å². The third kappa shape index (κ3) is 4.74. The van der Waals surface area contributed by atoms with Crippen molar-refractivity contribution in [3.8, 4) is 11.5 Å². The van der Waals surface area contributed by atoms with Gasteiger partial charge in [-0.3, -0.25) is 14.6 Å². The highest BCUT2D eigenvalue weighted by molar-refractivity contribution is 7.21. The Morgan fingerprint density at radius 1 is 1.03 bits per heavy atom. The number of rotatable bonds is 7. The number of benzene rings is 2. The molecule has 37 heavy (non-hydrogen) atoms. The Morgan fingerprint density at radius 2 is 1.78 bits per heavy atom. The maximum Gasteiger partial charge on any atom is 0.331 e. The largest absolute Gasteiger partial charge is 0.457 e. The Labute approximate surface area is 218 Å². The van der Waals surface area contributed by atoms with Gasteiger partial charge in [0.25, 0.3) is 5.91 Å². The third-order valence-electron chi connectivity index (χ3n) is 6.45. The van der Waals surface area contributed by atoms with Crippen molar-refractivity contribution < 1.29 is 14.3 Å². The molecule has 0 unspecified atom stereocenters. The number of piperazine rings is 1. The molecule has 10 heteroatoms. The van der Waals surface area contributed by atoms with Gasteiger partial charge in [0.05, 0.1) is 22.4 Å². The highest BCUT2D eigenvalue weighted by Crippen LogP contribution is 2.45. The van der Waals surface area contributed by atoms with E-state index in [9.17, 15) is 9.59 Å². The molecule has 3 N–H and O–H groups in total. The number of pyridine rings is 1. The lowest BCUT2D eigenvalue weighted by Crippen LogP contribution is -2.46. The van der Waals surface area contributed by atoms with Crippen LogP contribution in [0.25, 0.3) is 10.2 Å². The van der Waals surface area contributed by atoms with Gasteiger partial charge in [-0.05, 0) is 42.5 Å². The van der Waals surface area contributed by atoms with Crippen LogP contribution in [0.4, 0.5) is 21.9 Å². The Hall–Kier alpha value is -3.99. The van der Waals surface area contributed by atoms with Crippen molar-refractivity contribution in [3.63, 3.8) is 0 Å². The number of anilines is 3. The molecule has 0 radical (unpaired) electrons. The zero-order valence-electron chi connectivity index (χ0n) is 20.1. The standard InChI is InChI=1S/C27H26N6O3S/c34-25(29-14-17-32-15-12-28-13-16-32)24-23-22-21(10-11-30-26(22)37-24)33(27(35)31-23)18-6-8-20(9-7-18)36-19-4-2-1-3-5-19/h1-11,28H,12-17H2,(H,29,34)(H,31,35). The molecular formula is C27H26N6O3S. The molecule has 2 aromatic carbocycles. The second-order valence-electron chi connectivity index (χ2n) is 8.84. The maximum atomic E-state index is 13.3. The summed E-state index contributed by atoms with van der Waals surface area (Å²) in [7, 11) is 0. The first-order chi connectivity index (χ1) is 18.2. The zero-order valence-corrected chi connectivity index (χ0v) is 20.9. The van der Waals surface area contributed by atoms with E-state index in [4.69, 9.17) is 4.74 Å². The summed E-state index contributed by atoms with van der Waals surface area (Å²) in [4.78, 5) is 35.9. The number of nitrogens with one attached hydrogen (secondary N) is 3. The fraction of sp³-hybridized carbons (Fsp3) is 0.222. The van der Waals surface area contributed by atoms with Crippen molar-refractivity contribution in [1.29, 1.82) is 0 Å². The molecule has 2 aliphatic heterocycles. The maximum absolute atomic E-state index is 13.3. The van der Waals surface area contributed by atoms with Crippen molar-refractivity contribution in [1.82, 2.24) is 20.5 Å². The van der Waals surface area contributed by atoms with Gasteiger partial charge in [-0.2, -0.15) is 0 Å². The van der Waals surface area contributed by atoms with E-state index in [1.807, 2.05) is 54.6 Å². The van der Waals surface area contributed by atoms with Gasteiger partial charge < -0.3 is 20.7 Å². The lowest BCUT2D eigenvalue weighted by Gasteiger charge is -2.28. The topological polar surface area (TPSA) is 98.8 Å². The molecule has 0 spiro atoms. The number of urea groups is 1. The SMILES string of the molecule is O=C(NCCN1CCNCC1)c1sc2nccc3c2c1NC(=O)N3c1ccc(Oc2ccccc2)cc1. The minimum Gasteiger partial charge on any atom is -0.457 e. The minimum atomic E-state index is -0.329. The molecule has 0 saturated carbocycles. The summed E-state index contributed by atoms with van der Waals surface area (Å²) >= 11 is 1.29. The molecule has 2 aliphatic rings. The van der Waals surface area contributed by atoms with Crippen LogP contribution in [0.2, 0.25) is 0 Å². The van der Waals surface area contributed by atoms with Gasteiger partial charge in [-0.15, -0.1) is 11.3 Å². The van der Waals surface area contributed by atoms with Crippen LogP contribution in [0, 0.1) is 0 Å². The summed E-state index contributed by atoms with van der Waals surface area (Å²) in [5.41, 5.74) is 1.90. The van der Waals surface area contributed by atoms with E-state index in [-0.39, 0.29) is 11.9 Å². The predicted molar refractivity (Wildman–Crippen MR) is 145 cm³/mol. The fourth-order valence-corrected chi connectivity index (χ4v) is 5.67. The Balaban J connectivity index is 1.23. The van der Waals surface area contributed by atoms with Crippen molar-refractivity contribution >= 4 is 50.6 Å². The first-order valence-corrected chi connectivity index (χ1v) is 13.1. The van der Waals surface area contributed by atoms with Crippen molar-refractivity contribution in [2.75, 3.05) is 49.5 Å². The lowest BCUT2D eigenvalue weighted by molar-refractivity contribution is 0.0952. The van der Waals surface area contributed by atoms with Crippen LogP contribution in [-0.4, -0.2) is 61.1 Å². The summed E-state index contributed by atoms with van der Waals surface area (Å²) in [5.74, 6) is 1.21. The summed E-state index contributed by atoms with van der Waals surface area (Å²) in [6.45, 7) is 5.22. The quantitative estimate of drug-likeness (QED) is 0.338. The summed E-state index contributed by atoms with van der Waals surface area (Å²) in [5, 5.41) is 10.1. The van der Waals surface area contributed by atoms with Gasteiger partial charge in [-0.25, -0.2) is 9.78 Å². The van der Waals surface area contributed by atoms with Gasteiger partial charge in [0.15, 0.2) is 0 Å². The van der Waals surface area contributed by atoms with Gasteiger partial charge in [0, 0.05) is 45.5 Å². The second-order valence-corrected chi connectivity index (χ2v) is 9.84. The number of hydrogen-bond donors (Lipinski definition) is 3. The zero-order chi connectivity index (χ0) is 25.2. The van der Waals surface area contributed by atoms with Crippen molar-refractivity contribution in [3.05, 3.63) is 71.7 Å². The molecule has 0 atom stereocenters. The van der Waals surface area contributed by atoms with Gasteiger partial charge >= 0.3 is 6.03 Å². The number of para-hydroxylation sites is 1. The highest BCUT2D eigenvalue weighted by atomic mass is 32.1. The van der Waals surface area contributed by atoms with Crippen LogP contribution >= 0.6 is 11.3 Å². The van der Waals surface area contributed by atoms with E-state index in [0.717, 1.165) is 43.9 Å². The number of amides is 3. The molecule has 3 amide bonds. The Kier molecular flexibility index (Phi) is 6.44. The molecule has 1 fully saturated rings. The van der Waals surface area contributed by atoms with Crippen molar-refractivity contribution in [2.45, 2.75) is 0 Å². The molecule has 2 aromatic heterocycles. The van der Waals surface area contributed by atoms with E-state index in [2.05, 4.69) is 25.8 Å². The molecule has 0 aliphatic carbocycles. The van der Waals surface area contributed by atoms with Crippen LogP contribution in [-0.2, 0) is 0 Å². The minimum absolute atomic E-state index is 0.199. The van der Waals surface area contributed by atoms with Crippen LogP contribution < -0.4 is 25.6 Å². The number of thiophene rings is 1. The summed E-state index contributed by atoms with van der Waals surface area (Å²) in [6, 6.07) is 18.3. The second kappa shape index (κ2) is 10.2. The molecular weight excluding hydrogens is 488 g/mol. The first kappa shape index (κ1) is 23.4. The molecule has 9 nitrogen and oxygen atoms in total. The predicted octanol–water partition coefficient (Wildman–Crippen LogP) is 4.41. The monoisotopic (exact) mass is 514 g/mol. The van der Waals surface area contributed by atoms with Crippen LogP contribution in [0.5, 0.6) is 11.5 Å². The van der Waals surface area contributed by atoms with E-state index in [0.29, 0.717) is 39.1 Å². The van der Waals surface area contributed by atoms with Crippen molar-refractivity contribution in [2.24, 2.45) is 0 Å². The van der Waals surface area contributed by atoms with Crippen LogP contribution in [0.3, 0.4) is 0 Å². The fourth-order valence-electron chi connectivity index (χ4n) is 4.63. The van der Waals surface area contributed by atoms with Gasteiger partial charge in [-0.1, -0.05) is 18.2 Å². The first-order valence-electron chi connectivity index (χ1n) is 12.2. The lowest BCUT2D eigenvalue weighted by atomic mass is 10.1. The molecule has 188 valence electrons. The van der Waals surface area contributed by atoms with E-state index in [1.165, 1.54) is 11.3 Å². The average molecular weight is 515 g/mol. The summed E-state index contributed by atoms with van der Waals surface area (Å²) in [6.07, 6.45) is 1.67. The summed E-state index contributed by atoms with van der Waals surface area (Å²) < 4.78 is 5.88. The number of aromatic nitrogens is 1. The number of ether oxygens (including phenoxy) is 1. The Morgan fingerprint density at radius 3 is 2.57 bits per heavy atom. The Bertz CT molecular complexity index is 1430.